The Labute approximate surface area is 247 Å². The molecule has 0 radical (unpaired) electrons. The fourth-order valence-electron chi connectivity index (χ4n) is 6.24. The van der Waals surface area contributed by atoms with E-state index in [9.17, 15) is 4.57 Å². The van der Waals surface area contributed by atoms with Gasteiger partial charge in [-0.25, -0.2) is 0 Å². The molecule has 7 rings (SSSR count). The van der Waals surface area contributed by atoms with Crippen LogP contribution >= 0.6 is 7.14 Å². The lowest BCUT2D eigenvalue weighted by Gasteiger charge is -2.21. The molecule has 0 N–H and O–H groups in total. The molecule has 0 fully saturated rings. The highest BCUT2D eigenvalue weighted by Gasteiger charge is 2.29. The fourth-order valence-corrected chi connectivity index (χ4v) is 8.89. The third-order valence-electron chi connectivity index (χ3n) is 8.25. The van der Waals surface area contributed by atoms with Crippen LogP contribution in [-0.4, -0.2) is 0 Å². The van der Waals surface area contributed by atoms with E-state index in [1.807, 2.05) is 60.7 Å². The van der Waals surface area contributed by atoms with Crippen molar-refractivity contribution in [2.75, 3.05) is 0 Å². The number of hydrogen-bond donors (Lipinski definition) is 0. The average Bonchev–Trinajstić information content (AvgIpc) is 3.04. The van der Waals surface area contributed by atoms with Crippen LogP contribution in [-0.2, 0) is 4.57 Å². The van der Waals surface area contributed by atoms with Gasteiger partial charge in [0.05, 0.1) is 0 Å². The van der Waals surface area contributed by atoms with Gasteiger partial charge in [-0.05, 0) is 57.6 Å². The fraction of sp³-hybridized carbons (Fsp3) is 0.0500. The van der Waals surface area contributed by atoms with Crippen LogP contribution in [0.4, 0.5) is 0 Å². The third kappa shape index (κ3) is 4.38. The normalized spacial score (nSPS) is 11.7. The Morgan fingerprint density at radius 2 is 0.762 bits per heavy atom. The summed E-state index contributed by atoms with van der Waals surface area (Å²) in [5, 5.41) is 7.47. The Hall–Kier alpha value is -4.71. The van der Waals surface area contributed by atoms with E-state index in [-0.39, 0.29) is 0 Å². The van der Waals surface area contributed by atoms with Gasteiger partial charge in [0.25, 0.3) is 0 Å². The molecule has 2 heteroatoms. The quantitative estimate of drug-likeness (QED) is 0.152. The zero-order valence-corrected chi connectivity index (χ0v) is 24.7. The van der Waals surface area contributed by atoms with Gasteiger partial charge in [0.15, 0.2) is 7.14 Å². The van der Waals surface area contributed by atoms with Gasteiger partial charge in [0.1, 0.15) is 0 Å². The van der Waals surface area contributed by atoms with E-state index in [4.69, 9.17) is 0 Å². The van der Waals surface area contributed by atoms with Crippen molar-refractivity contribution in [1.29, 1.82) is 0 Å². The van der Waals surface area contributed by atoms with E-state index in [1.54, 1.807) is 0 Å². The van der Waals surface area contributed by atoms with Crippen molar-refractivity contribution in [3.63, 3.8) is 0 Å². The smallest absolute Gasteiger partial charge is 0.171 e. The summed E-state index contributed by atoms with van der Waals surface area (Å²) in [7, 11) is -3.05. The Morgan fingerprint density at radius 3 is 1.21 bits per heavy atom. The Bertz CT molecular complexity index is 2050. The first-order valence-electron chi connectivity index (χ1n) is 14.4. The van der Waals surface area contributed by atoms with Gasteiger partial charge in [0, 0.05) is 15.9 Å². The summed E-state index contributed by atoms with van der Waals surface area (Å²) < 4.78 is 15.0. The van der Waals surface area contributed by atoms with Crippen molar-refractivity contribution < 1.29 is 4.57 Å². The minimum atomic E-state index is -3.05. The number of benzene rings is 7. The van der Waals surface area contributed by atoms with E-state index in [2.05, 4.69) is 105 Å². The predicted molar refractivity (Wildman–Crippen MR) is 181 cm³/mol. The topological polar surface area (TPSA) is 17.1 Å². The van der Waals surface area contributed by atoms with Crippen molar-refractivity contribution >= 4 is 44.6 Å². The van der Waals surface area contributed by atoms with Crippen LogP contribution in [0.1, 0.15) is 11.1 Å². The molecule has 42 heavy (non-hydrogen) atoms. The second-order valence-corrected chi connectivity index (χ2v) is 13.8. The Morgan fingerprint density at radius 1 is 0.381 bits per heavy atom. The van der Waals surface area contributed by atoms with Crippen molar-refractivity contribution in [3.05, 3.63) is 163 Å². The molecule has 0 bridgehead atoms. The highest BCUT2D eigenvalue weighted by molar-refractivity contribution is 7.85. The highest BCUT2D eigenvalue weighted by atomic mass is 31.2. The lowest BCUT2D eigenvalue weighted by Crippen LogP contribution is -2.24. The molecule has 1 nitrogen and oxygen atoms in total. The summed E-state index contributed by atoms with van der Waals surface area (Å²) in [5.74, 6) is 0. The van der Waals surface area contributed by atoms with Crippen molar-refractivity contribution in [2.45, 2.75) is 13.8 Å². The molecule has 7 aromatic rings. The van der Waals surface area contributed by atoms with Gasteiger partial charge in [0.2, 0.25) is 0 Å². The SMILES string of the molecule is Cc1ccc2c(-c3ccc(P(=O)(c4ccccc4)c4ccccc4)cc3)c3cc(C)ccc3c(-c3ccccc3)c2c1. The molecular formula is C40H31OP. The second-order valence-electron chi connectivity index (χ2n) is 11.0. The van der Waals surface area contributed by atoms with Gasteiger partial charge < -0.3 is 4.57 Å². The molecule has 0 atom stereocenters. The van der Waals surface area contributed by atoms with E-state index in [1.165, 1.54) is 49.4 Å². The number of fused-ring (bicyclic) bond motifs is 2. The first-order chi connectivity index (χ1) is 20.5. The van der Waals surface area contributed by atoms with Crippen LogP contribution in [0.5, 0.6) is 0 Å². The lowest BCUT2D eigenvalue weighted by atomic mass is 9.85. The molecule has 0 unspecified atom stereocenters. The summed E-state index contributed by atoms with van der Waals surface area (Å²) in [4.78, 5) is 0. The van der Waals surface area contributed by atoms with Crippen LogP contribution in [0.25, 0.3) is 43.8 Å². The van der Waals surface area contributed by atoms with E-state index < -0.39 is 7.14 Å². The summed E-state index contributed by atoms with van der Waals surface area (Å²) in [6.45, 7) is 4.32. The minimum absolute atomic E-state index is 0.838. The van der Waals surface area contributed by atoms with Crippen LogP contribution in [0.2, 0.25) is 0 Å². The van der Waals surface area contributed by atoms with Crippen LogP contribution in [0.15, 0.2) is 152 Å². The standard InChI is InChI=1S/C40H31OP/c1-28-19-25-36-37(26-28)39(30-12-6-3-7-13-30)35-24-18-29(2)27-38(35)40(36)31-20-22-34(23-21-31)42(41,32-14-8-4-9-15-32)33-16-10-5-11-17-33/h3-27H,1-2H3. The molecule has 0 amide bonds. The van der Waals surface area contributed by atoms with Gasteiger partial charge in [-0.3, -0.25) is 0 Å². The lowest BCUT2D eigenvalue weighted by molar-refractivity contribution is 0.592. The molecular weight excluding hydrogens is 527 g/mol. The zero-order chi connectivity index (χ0) is 28.7. The molecule has 0 heterocycles. The maximum atomic E-state index is 15.0. The van der Waals surface area contributed by atoms with E-state index >= 15 is 0 Å². The Balaban J connectivity index is 1.49. The van der Waals surface area contributed by atoms with Crippen LogP contribution < -0.4 is 15.9 Å². The van der Waals surface area contributed by atoms with Crippen LogP contribution in [0, 0.1) is 13.8 Å². The number of aryl methyl sites for hydroxylation is 2. The van der Waals surface area contributed by atoms with Gasteiger partial charge in [-0.1, -0.05) is 163 Å². The van der Waals surface area contributed by atoms with Gasteiger partial charge >= 0.3 is 0 Å². The van der Waals surface area contributed by atoms with E-state index in [0.29, 0.717) is 0 Å². The average molecular weight is 559 g/mol. The summed E-state index contributed by atoms with van der Waals surface area (Å²) >= 11 is 0. The molecule has 0 aromatic heterocycles. The second kappa shape index (κ2) is 10.6. The molecule has 0 aliphatic heterocycles. The Kier molecular flexibility index (Phi) is 6.62. The number of rotatable bonds is 5. The largest absolute Gasteiger partial charge is 0.309 e. The molecule has 0 aliphatic carbocycles. The predicted octanol–water partition coefficient (Wildman–Crippen LogP) is 9.58. The zero-order valence-electron chi connectivity index (χ0n) is 23.8. The molecule has 7 aromatic carbocycles. The molecule has 0 spiro atoms. The number of hydrogen-bond acceptors (Lipinski definition) is 1. The minimum Gasteiger partial charge on any atom is -0.309 e. The molecule has 0 aliphatic rings. The van der Waals surface area contributed by atoms with E-state index in [0.717, 1.165) is 21.5 Å². The third-order valence-corrected chi connectivity index (χ3v) is 11.3. The maximum Gasteiger partial charge on any atom is 0.171 e. The maximum absolute atomic E-state index is 15.0. The summed E-state index contributed by atoms with van der Waals surface area (Å²) in [6.07, 6.45) is 0. The first kappa shape index (κ1) is 26.2. The molecule has 0 saturated heterocycles. The van der Waals surface area contributed by atoms with Crippen molar-refractivity contribution in [3.8, 4) is 22.3 Å². The first-order valence-corrected chi connectivity index (χ1v) is 16.1. The van der Waals surface area contributed by atoms with Gasteiger partial charge in [-0.15, -0.1) is 0 Å². The summed E-state index contributed by atoms with van der Waals surface area (Å²) in [6, 6.07) is 52.5. The van der Waals surface area contributed by atoms with Crippen molar-refractivity contribution in [2.24, 2.45) is 0 Å². The van der Waals surface area contributed by atoms with Crippen molar-refractivity contribution in [1.82, 2.24) is 0 Å². The molecule has 202 valence electrons. The van der Waals surface area contributed by atoms with Crippen LogP contribution in [0.3, 0.4) is 0 Å². The molecule has 0 saturated carbocycles. The van der Waals surface area contributed by atoms with Gasteiger partial charge in [-0.2, -0.15) is 0 Å². The highest BCUT2D eigenvalue weighted by Crippen LogP contribution is 2.46. The summed E-state index contributed by atoms with van der Waals surface area (Å²) in [5.41, 5.74) is 7.28. The monoisotopic (exact) mass is 558 g/mol.